The number of nitrogens with zero attached hydrogens (tertiary/aromatic N) is 1. The lowest BCUT2D eigenvalue weighted by Crippen LogP contribution is -2.26. The SMILES string of the molecule is CC.CC(=O)CCCCCN1CCC(OC(=O)CCCO)C1.CCCCCCCCC(CCCCCCCC)OC(=O)CCCCCCCOC=O. The van der Waals surface area contributed by atoms with Gasteiger partial charge in [0.15, 0.2) is 0 Å². The second kappa shape index (κ2) is 41.8. The van der Waals surface area contributed by atoms with Crippen LogP contribution in [0.4, 0.5) is 0 Å². The Morgan fingerprint density at radius 3 is 1.79 bits per heavy atom. The van der Waals surface area contributed by atoms with Gasteiger partial charge in [-0.2, -0.15) is 0 Å². The van der Waals surface area contributed by atoms with E-state index in [2.05, 4.69) is 23.5 Å². The van der Waals surface area contributed by atoms with Crippen LogP contribution in [0.1, 0.15) is 208 Å². The van der Waals surface area contributed by atoms with Crippen molar-refractivity contribution >= 4 is 24.2 Å². The second-order valence-corrected chi connectivity index (χ2v) is 14.3. The summed E-state index contributed by atoms with van der Waals surface area (Å²) in [5, 5.41) is 8.66. The lowest BCUT2D eigenvalue weighted by molar-refractivity contribution is -0.150. The standard InChI is InChI=1S/C26H50O4.C15H27NO4.C2H6/c1-3-5-7-9-12-16-20-25(21-17-13-10-8-6-4-2)30-26(28)22-18-14-11-15-19-23-29-24-27;1-13(18)6-3-2-4-9-16-10-8-14(12-16)20-15(19)7-5-11-17;1-2/h24-25H,3-23H2,1-2H3;14,17H,2-12H2,1H3;1-2H3. The summed E-state index contributed by atoms with van der Waals surface area (Å²) in [6.45, 7) is 14.0. The molecule has 1 saturated heterocycles. The van der Waals surface area contributed by atoms with Gasteiger partial charge < -0.3 is 24.1 Å². The first-order chi connectivity index (χ1) is 25.4. The summed E-state index contributed by atoms with van der Waals surface area (Å²) in [6, 6.07) is 0. The minimum absolute atomic E-state index is 0.0124. The second-order valence-electron chi connectivity index (χ2n) is 14.3. The molecule has 9 nitrogen and oxygen atoms in total. The third-order valence-corrected chi connectivity index (χ3v) is 9.34. The molecule has 0 aromatic carbocycles. The van der Waals surface area contributed by atoms with Gasteiger partial charge in [-0.15, -0.1) is 0 Å². The number of unbranched alkanes of at least 4 members (excludes halogenated alkanes) is 16. The summed E-state index contributed by atoms with van der Waals surface area (Å²) in [5.41, 5.74) is 0. The summed E-state index contributed by atoms with van der Waals surface area (Å²) >= 11 is 0. The predicted octanol–water partition coefficient (Wildman–Crippen LogP) is 10.5. The van der Waals surface area contributed by atoms with Gasteiger partial charge in [-0.25, -0.2) is 0 Å². The molecule has 1 atom stereocenters. The van der Waals surface area contributed by atoms with E-state index in [1.54, 1.807) is 6.92 Å². The Labute approximate surface area is 320 Å². The van der Waals surface area contributed by atoms with Gasteiger partial charge in [0.25, 0.3) is 6.47 Å². The summed E-state index contributed by atoms with van der Waals surface area (Å²) in [7, 11) is 0. The minimum atomic E-state index is -0.202. The molecule has 1 fully saturated rings. The summed E-state index contributed by atoms with van der Waals surface area (Å²) in [5.74, 6) is 0.0506. The van der Waals surface area contributed by atoms with Crippen LogP contribution in [0, 0.1) is 0 Å². The quantitative estimate of drug-likeness (QED) is 0.0297. The maximum atomic E-state index is 12.3. The Morgan fingerprint density at radius 2 is 1.21 bits per heavy atom. The van der Waals surface area contributed by atoms with Crippen molar-refractivity contribution < 1.29 is 38.5 Å². The number of ether oxygens (including phenoxy) is 3. The van der Waals surface area contributed by atoms with Crippen molar-refractivity contribution in [3.05, 3.63) is 0 Å². The van der Waals surface area contributed by atoms with Crippen LogP contribution in [0.2, 0.25) is 0 Å². The molecule has 1 unspecified atom stereocenters. The third kappa shape index (κ3) is 37.7. The first-order valence-electron chi connectivity index (χ1n) is 21.6. The molecule has 0 saturated carbocycles. The number of esters is 2. The molecular formula is C43H83NO8. The number of Topliss-reactive ketones (excluding diaryl/α,β-unsaturated/α-hetero) is 1. The van der Waals surface area contributed by atoms with E-state index in [1.165, 1.54) is 77.0 Å². The van der Waals surface area contributed by atoms with Crippen LogP contribution in [0.25, 0.3) is 0 Å². The van der Waals surface area contributed by atoms with E-state index < -0.39 is 0 Å². The molecule has 1 aliphatic heterocycles. The maximum absolute atomic E-state index is 12.3. The van der Waals surface area contributed by atoms with Crippen LogP contribution in [0.15, 0.2) is 0 Å². The maximum Gasteiger partial charge on any atom is 0.306 e. The van der Waals surface area contributed by atoms with Crippen LogP contribution in [-0.2, 0) is 33.4 Å². The molecule has 9 heteroatoms. The third-order valence-electron chi connectivity index (χ3n) is 9.34. The molecule has 0 aromatic heterocycles. The molecule has 1 aliphatic rings. The van der Waals surface area contributed by atoms with Crippen molar-refractivity contribution in [2.24, 2.45) is 0 Å². The highest BCUT2D eigenvalue weighted by Gasteiger charge is 2.25. The summed E-state index contributed by atoms with van der Waals surface area (Å²) < 4.78 is 15.9. The number of aliphatic hydroxyl groups is 1. The van der Waals surface area contributed by atoms with Gasteiger partial charge in [0.2, 0.25) is 0 Å². The van der Waals surface area contributed by atoms with Crippen LogP contribution >= 0.6 is 0 Å². The van der Waals surface area contributed by atoms with Gasteiger partial charge in [0, 0.05) is 39.0 Å². The van der Waals surface area contributed by atoms with E-state index in [0.717, 1.165) is 90.3 Å². The number of ketones is 1. The normalized spacial score (nSPS) is 13.9. The highest BCUT2D eigenvalue weighted by molar-refractivity contribution is 5.75. The fraction of sp³-hybridized carbons (Fsp3) is 0.907. The Hall–Kier alpha value is -2.00. The Bertz CT molecular complexity index is 792. The molecule has 308 valence electrons. The number of carbonyl (C=O) groups is 4. The average Bonchev–Trinajstić information content (AvgIpc) is 3.58. The number of likely N-dealkylation sites (tertiary alicyclic amines) is 1. The number of hydrogen-bond donors (Lipinski definition) is 1. The van der Waals surface area contributed by atoms with Crippen LogP contribution in [0.5, 0.6) is 0 Å². The lowest BCUT2D eigenvalue weighted by Gasteiger charge is -2.18. The molecule has 0 bridgehead atoms. The smallest absolute Gasteiger partial charge is 0.306 e. The van der Waals surface area contributed by atoms with Crippen LogP contribution in [0.3, 0.4) is 0 Å². The molecular weight excluding hydrogens is 658 g/mol. The van der Waals surface area contributed by atoms with Crippen LogP contribution < -0.4 is 0 Å². The van der Waals surface area contributed by atoms with E-state index in [-0.39, 0.29) is 36.5 Å². The van der Waals surface area contributed by atoms with Crippen molar-refractivity contribution in [2.75, 3.05) is 32.8 Å². The lowest BCUT2D eigenvalue weighted by atomic mass is 10.0. The van der Waals surface area contributed by atoms with Crippen molar-refractivity contribution in [3.63, 3.8) is 0 Å². The van der Waals surface area contributed by atoms with Crippen molar-refractivity contribution in [1.29, 1.82) is 0 Å². The molecule has 0 amide bonds. The molecule has 1 rings (SSSR count). The largest absolute Gasteiger partial charge is 0.468 e. The predicted molar refractivity (Wildman–Crippen MR) is 213 cm³/mol. The number of rotatable bonds is 34. The Morgan fingerprint density at radius 1 is 0.692 bits per heavy atom. The van der Waals surface area contributed by atoms with Gasteiger partial charge in [-0.05, 0) is 77.7 Å². The van der Waals surface area contributed by atoms with Gasteiger partial charge in [-0.1, -0.05) is 118 Å². The Balaban J connectivity index is 0. The van der Waals surface area contributed by atoms with E-state index >= 15 is 0 Å². The zero-order chi connectivity index (χ0) is 38.9. The van der Waals surface area contributed by atoms with Crippen molar-refractivity contribution in [2.45, 2.75) is 220 Å². The van der Waals surface area contributed by atoms with Gasteiger partial charge in [-0.3, -0.25) is 19.3 Å². The minimum Gasteiger partial charge on any atom is -0.468 e. The summed E-state index contributed by atoms with van der Waals surface area (Å²) in [4.78, 5) is 46.9. The van der Waals surface area contributed by atoms with Gasteiger partial charge in [0.05, 0.1) is 6.61 Å². The first-order valence-corrected chi connectivity index (χ1v) is 21.6. The highest BCUT2D eigenvalue weighted by Crippen LogP contribution is 2.19. The number of carbonyl (C=O) groups excluding carboxylic acids is 4. The fourth-order valence-electron chi connectivity index (χ4n) is 6.30. The zero-order valence-electron chi connectivity index (χ0n) is 34.6. The monoisotopic (exact) mass is 742 g/mol. The van der Waals surface area contributed by atoms with E-state index in [4.69, 9.17) is 14.6 Å². The number of hydrogen-bond acceptors (Lipinski definition) is 9. The Kier molecular flexibility index (Phi) is 41.8. The van der Waals surface area contributed by atoms with Crippen LogP contribution in [-0.4, -0.2) is 79.3 Å². The molecule has 0 spiro atoms. The topological polar surface area (TPSA) is 119 Å². The molecule has 0 aliphatic carbocycles. The molecule has 1 heterocycles. The van der Waals surface area contributed by atoms with E-state index in [0.29, 0.717) is 38.8 Å². The van der Waals surface area contributed by atoms with Crippen molar-refractivity contribution in [1.82, 2.24) is 4.90 Å². The van der Waals surface area contributed by atoms with Gasteiger partial charge >= 0.3 is 11.9 Å². The van der Waals surface area contributed by atoms with Crippen molar-refractivity contribution in [3.8, 4) is 0 Å². The molecule has 1 N–H and O–H groups in total. The molecule has 52 heavy (non-hydrogen) atoms. The van der Waals surface area contributed by atoms with E-state index in [1.807, 2.05) is 13.8 Å². The van der Waals surface area contributed by atoms with Gasteiger partial charge in [0.1, 0.15) is 18.0 Å². The highest BCUT2D eigenvalue weighted by atomic mass is 16.5. The average molecular weight is 742 g/mol. The fourth-order valence-corrected chi connectivity index (χ4v) is 6.30. The molecule has 0 aromatic rings. The number of aliphatic hydroxyl groups excluding tert-OH is 1. The van der Waals surface area contributed by atoms with E-state index in [9.17, 15) is 19.2 Å². The molecule has 0 radical (unpaired) electrons. The first kappa shape index (κ1) is 52.1. The summed E-state index contributed by atoms with van der Waals surface area (Å²) in [6.07, 6.45) is 28.6. The zero-order valence-corrected chi connectivity index (χ0v) is 34.6.